The van der Waals surface area contributed by atoms with Gasteiger partial charge in [-0.1, -0.05) is 46.8 Å². The lowest BCUT2D eigenvalue weighted by molar-refractivity contribution is -0.123. The van der Waals surface area contributed by atoms with Gasteiger partial charge in [-0.3, -0.25) is 9.10 Å². The number of amides is 1. The Morgan fingerprint density at radius 1 is 1.04 bits per heavy atom. The van der Waals surface area contributed by atoms with Crippen molar-refractivity contribution in [3.63, 3.8) is 0 Å². The van der Waals surface area contributed by atoms with Crippen LogP contribution in [0.4, 0.5) is 5.69 Å². The number of aryl methyl sites for hydroxylation is 1. The fourth-order valence-corrected chi connectivity index (χ4v) is 4.25. The van der Waals surface area contributed by atoms with Gasteiger partial charge in [-0.15, -0.1) is 0 Å². The van der Waals surface area contributed by atoms with Crippen molar-refractivity contribution in [1.29, 1.82) is 0 Å². The summed E-state index contributed by atoms with van der Waals surface area (Å²) in [5.74, 6) is 0.260. The fraction of sp³-hybridized carbons (Fsp3) is 0.632. The van der Waals surface area contributed by atoms with Crippen LogP contribution in [0, 0.1) is 11.8 Å². The van der Waals surface area contributed by atoms with E-state index in [2.05, 4.69) is 5.32 Å². The van der Waals surface area contributed by atoms with E-state index >= 15 is 0 Å². The Labute approximate surface area is 152 Å². The second-order valence-corrected chi connectivity index (χ2v) is 9.14. The first-order valence-electron chi connectivity index (χ1n) is 8.87. The molecule has 0 aliphatic carbocycles. The highest BCUT2D eigenvalue weighted by Gasteiger charge is 2.31. The van der Waals surface area contributed by atoms with Crippen LogP contribution in [-0.4, -0.2) is 32.7 Å². The molecule has 0 aromatic heterocycles. The highest BCUT2D eigenvalue weighted by atomic mass is 32.2. The maximum absolute atomic E-state index is 12.7. The molecule has 1 rings (SSSR count). The van der Waals surface area contributed by atoms with Crippen LogP contribution >= 0.6 is 0 Å². The van der Waals surface area contributed by atoms with Crippen molar-refractivity contribution in [2.75, 3.05) is 10.6 Å². The number of nitrogens with one attached hydrogen (secondary N) is 1. The highest BCUT2D eigenvalue weighted by molar-refractivity contribution is 7.92. The van der Waals surface area contributed by atoms with Crippen molar-refractivity contribution in [2.45, 2.75) is 60.0 Å². The van der Waals surface area contributed by atoms with Crippen molar-refractivity contribution in [3.05, 3.63) is 29.8 Å². The second kappa shape index (κ2) is 8.70. The van der Waals surface area contributed by atoms with Gasteiger partial charge in [-0.05, 0) is 42.9 Å². The number of carbonyl (C=O) groups is 1. The normalized spacial score (nSPS) is 13.4. The van der Waals surface area contributed by atoms with Gasteiger partial charge in [-0.2, -0.15) is 0 Å². The molecule has 0 spiro atoms. The number of benzene rings is 1. The number of carbonyl (C=O) groups excluding carboxylic acids is 1. The number of rotatable bonds is 8. The summed E-state index contributed by atoms with van der Waals surface area (Å²) in [7, 11) is -3.59. The first kappa shape index (κ1) is 21.5. The minimum Gasteiger partial charge on any atom is -0.351 e. The molecule has 1 amide bonds. The zero-order valence-corrected chi connectivity index (χ0v) is 17.2. The van der Waals surface area contributed by atoms with Crippen molar-refractivity contribution >= 4 is 21.6 Å². The molecule has 25 heavy (non-hydrogen) atoms. The molecule has 0 bridgehead atoms. The van der Waals surface area contributed by atoms with E-state index in [1.807, 2.05) is 46.8 Å². The predicted molar refractivity (Wildman–Crippen MR) is 104 cm³/mol. The minimum absolute atomic E-state index is 0.00109. The van der Waals surface area contributed by atoms with Gasteiger partial charge in [0.05, 0.1) is 11.9 Å². The molecule has 142 valence electrons. The first-order valence-corrected chi connectivity index (χ1v) is 10.7. The zero-order valence-electron chi connectivity index (χ0n) is 16.4. The van der Waals surface area contributed by atoms with E-state index in [9.17, 15) is 13.2 Å². The number of nitrogens with zero attached hydrogens (tertiary/aromatic N) is 1. The Kier molecular flexibility index (Phi) is 7.47. The first-order chi connectivity index (χ1) is 11.5. The molecule has 0 aliphatic rings. The van der Waals surface area contributed by atoms with E-state index in [1.54, 1.807) is 19.1 Å². The Balaban J connectivity index is 3.12. The predicted octanol–water partition coefficient (Wildman–Crippen LogP) is 3.20. The summed E-state index contributed by atoms with van der Waals surface area (Å²) in [4.78, 5) is 12.7. The smallest absolute Gasteiger partial charge is 0.243 e. The summed E-state index contributed by atoms with van der Waals surface area (Å²) in [5, 5.41) is 3.02. The van der Waals surface area contributed by atoms with E-state index in [0.717, 1.165) is 18.2 Å². The lowest BCUT2D eigenvalue weighted by Gasteiger charge is -2.32. The van der Waals surface area contributed by atoms with Crippen molar-refractivity contribution in [1.82, 2.24) is 5.32 Å². The molecule has 0 fully saturated rings. The summed E-state index contributed by atoms with van der Waals surface area (Å²) < 4.78 is 25.9. The van der Waals surface area contributed by atoms with Gasteiger partial charge in [0.1, 0.15) is 6.04 Å². The topological polar surface area (TPSA) is 66.5 Å². The molecule has 0 radical (unpaired) electrons. The summed E-state index contributed by atoms with van der Waals surface area (Å²) in [5.41, 5.74) is 1.63. The molecule has 5 nitrogen and oxygen atoms in total. The Hall–Kier alpha value is -1.56. The summed E-state index contributed by atoms with van der Waals surface area (Å²) in [6.07, 6.45) is 2.01. The standard InChI is InChI=1S/C19H32N2O3S/c1-8-16-9-11-17(12-10-16)21(25(7,23)24)15(6)19(22)20-18(13(2)3)14(4)5/h9-15,18H,8H2,1-7H3,(H,20,22)/t15-/m0/s1. The van der Waals surface area contributed by atoms with Gasteiger partial charge in [-0.25, -0.2) is 8.42 Å². The van der Waals surface area contributed by atoms with Crippen LogP contribution in [0.1, 0.15) is 47.1 Å². The maximum Gasteiger partial charge on any atom is 0.243 e. The number of sulfonamides is 1. The fourth-order valence-electron chi connectivity index (χ4n) is 3.08. The van der Waals surface area contributed by atoms with Crippen LogP contribution in [0.2, 0.25) is 0 Å². The van der Waals surface area contributed by atoms with Crippen molar-refractivity contribution in [2.24, 2.45) is 11.8 Å². The molecule has 0 saturated carbocycles. The largest absolute Gasteiger partial charge is 0.351 e. The van der Waals surface area contributed by atoms with E-state index in [1.165, 1.54) is 4.31 Å². The van der Waals surface area contributed by atoms with Gasteiger partial charge in [0.15, 0.2) is 0 Å². The number of hydrogen-bond donors (Lipinski definition) is 1. The molecule has 1 aromatic carbocycles. The number of hydrogen-bond acceptors (Lipinski definition) is 3. The summed E-state index contributed by atoms with van der Waals surface area (Å²) >= 11 is 0. The molecule has 0 unspecified atom stereocenters. The van der Waals surface area contributed by atoms with E-state index in [-0.39, 0.29) is 23.8 Å². The SMILES string of the molecule is CCc1ccc(N([C@@H](C)C(=O)NC(C(C)C)C(C)C)S(C)(=O)=O)cc1. The van der Waals surface area contributed by atoms with Crippen LogP contribution in [0.25, 0.3) is 0 Å². The van der Waals surface area contributed by atoms with Crippen molar-refractivity contribution < 1.29 is 13.2 Å². The van der Waals surface area contributed by atoms with Gasteiger partial charge >= 0.3 is 0 Å². The van der Waals surface area contributed by atoms with Crippen LogP contribution in [0.3, 0.4) is 0 Å². The number of anilines is 1. The third kappa shape index (κ3) is 5.73. The van der Waals surface area contributed by atoms with E-state index in [4.69, 9.17) is 0 Å². The van der Waals surface area contributed by atoms with Gasteiger partial charge in [0, 0.05) is 6.04 Å². The van der Waals surface area contributed by atoms with Gasteiger partial charge in [0.25, 0.3) is 0 Å². The van der Waals surface area contributed by atoms with Crippen LogP contribution < -0.4 is 9.62 Å². The molecular formula is C19H32N2O3S. The van der Waals surface area contributed by atoms with E-state index < -0.39 is 16.1 Å². The van der Waals surface area contributed by atoms with Crippen LogP contribution in [0.5, 0.6) is 0 Å². The molecule has 1 aromatic rings. The molecule has 1 atom stereocenters. The molecule has 0 heterocycles. The van der Waals surface area contributed by atoms with Crippen LogP contribution in [-0.2, 0) is 21.2 Å². The van der Waals surface area contributed by atoms with Gasteiger partial charge in [0.2, 0.25) is 15.9 Å². The lowest BCUT2D eigenvalue weighted by atomic mass is 9.93. The quantitative estimate of drug-likeness (QED) is 0.766. The van der Waals surface area contributed by atoms with Gasteiger partial charge < -0.3 is 5.32 Å². The molecule has 6 heteroatoms. The summed E-state index contributed by atoms with van der Waals surface area (Å²) in [6.45, 7) is 11.9. The van der Waals surface area contributed by atoms with E-state index in [0.29, 0.717) is 5.69 Å². The van der Waals surface area contributed by atoms with Crippen molar-refractivity contribution in [3.8, 4) is 0 Å². The summed E-state index contributed by atoms with van der Waals surface area (Å²) in [6, 6.07) is 6.48. The Morgan fingerprint density at radius 2 is 1.52 bits per heavy atom. The third-order valence-corrected chi connectivity index (χ3v) is 5.67. The minimum atomic E-state index is -3.59. The molecule has 0 aliphatic heterocycles. The monoisotopic (exact) mass is 368 g/mol. The maximum atomic E-state index is 12.7. The Bertz CT molecular complexity index is 658. The average Bonchev–Trinajstić information content (AvgIpc) is 2.51. The van der Waals surface area contributed by atoms with Crippen LogP contribution in [0.15, 0.2) is 24.3 Å². The Morgan fingerprint density at radius 3 is 1.88 bits per heavy atom. The average molecular weight is 369 g/mol. The molecule has 1 N–H and O–H groups in total. The third-order valence-electron chi connectivity index (χ3n) is 4.43. The molecular weight excluding hydrogens is 336 g/mol. The zero-order chi connectivity index (χ0) is 19.4. The second-order valence-electron chi connectivity index (χ2n) is 7.28. The molecule has 0 saturated heterocycles. The highest BCUT2D eigenvalue weighted by Crippen LogP contribution is 2.22. The lowest BCUT2D eigenvalue weighted by Crippen LogP contribution is -2.52.